The summed E-state index contributed by atoms with van der Waals surface area (Å²) in [6.45, 7) is 1.32. The molecule has 1 saturated heterocycles. The fourth-order valence-electron chi connectivity index (χ4n) is 3.06. The average molecular weight is 395 g/mol. The molecule has 1 amide bonds. The van der Waals surface area contributed by atoms with Crippen molar-refractivity contribution in [3.63, 3.8) is 0 Å². The SMILES string of the molecule is Cl.O=C(CC1CSCCN1)NCC1(c2cccc(C(F)(F)F)c2)CC1. The zero-order chi connectivity index (χ0) is 17.2. The zero-order valence-electron chi connectivity index (χ0n) is 13.7. The van der Waals surface area contributed by atoms with Crippen molar-refractivity contribution < 1.29 is 18.0 Å². The Morgan fingerprint density at radius 1 is 1.36 bits per heavy atom. The maximum Gasteiger partial charge on any atom is 0.416 e. The number of halogens is 4. The molecule has 1 aliphatic heterocycles. The van der Waals surface area contributed by atoms with E-state index in [1.54, 1.807) is 6.07 Å². The molecule has 1 atom stereocenters. The van der Waals surface area contributed by atoms with Gasteiger partial charge in [-0.05, 0) is 24.5 Å². The lowest BCUT2D eigenvalue weighted by Gasteiger charge is -2.23. The van der Waals surface area contributed by atoms with Crippen molar-refractivity contribution in [3.8, 4) is 0 Å². The van der Waals surface area contributed by atoms with E-state index in [9.17, 15) is 18.0 Å². The molecule has 1 aliphatic carbocycles. The molecule has 0 spiro atoms. The lowest BCUT2D eigenvalue weighted by Crippen LogP contribution is -2.42. The molecule has 8 heteroatoms. The van der Waals surface area contributed by atoms with E-state index in [-0.39, 0.29) is 29.8 Å². The minimum absolute atomic E-state index is 0. The molecule has 2 N–H and O–H groups in total. The van der Waals surface area contributed by atoms with Crippen LogP contribution in [0.2, 0.25) is 0 Å². The van der Waals surface area contributed by atoms with Crippen LogP contribution < -0.4 is 10.6 Å². The van der Waals surface area contributed by atoms with Crippen LogP contribution in [0.3, 0.4) is 0 Å². The van der Waals surface area contributed by atoms with Crippen molar-refractivity contribution in [2.24, 2.45) is 0 Å². The highest BCUT2D eigenvalue weighted by Crippen LogP contribution is 2.48. The Morgan fingerprint density at radius 2 is 2.12 bits per heavy atom. The summed E-state index contributed by atoms with van der Waals surface area (Å²) in [4.78, 5) is 12.1. The van der Waals surface area contributed by atoms with Gasteiger partial charge in [0.05, 0.1) is 5.56 Å². The number of nitrogens with one attached hydrogen (secondary N) is 2. The van der Waals surface area contributed by atoms with Gasteiger partial charge in [-0.3, -0.25) is 4.79 Å². The number of carbonyl (C=O) groups excluding carboxylic acids is 1. The van der Waals surface area contributed by atoms with Crippen molar-refractivity contribution in [3.05, 3.63) is 35.4 Å². The fourth-order valence-corrected chi connectivity index (χ4v) is 4.01. The zero-order valence-corrected chi connectivity index (χ0v) is 15.3. The van der Waals surface area contributed by atoms with Gasteiger partial charge in [-0.1, -0.05) is 18.2 Å². The van der Waals surface area contributed by atoms with Crippen molar-refractivity contribution in [2.45, 2.75) is 36.9 Å². The van der Waals surface area contributed by atoms with E-state index < -0.39 is 11.7 Å². The van der Waals surface area contributed by atoms with Gasteiger partial charge < -0.3 is 10.6 Å². The quantitative estimate of drug-likeness (QED) is 0.804. The van der Waals surface area contributed by atoms with E-state index >= 15 is 0 Å². The summed E-state index contributed by atoms with van der Waals surface area (Å²) in [6.07, 6.45) is -2.29. The van der Waals surface area contributed by atoms with Crippen LogP contribution in [0.1, 0.15) is 30.4 Å². The molecule has 3 nitrogen and oxygen atoms in total. The molecule has 1 heterocycles. The molecule has 2 fully saturated rings. The van der Waals surface area contributed by atoms with Crippen LogP contribution in [0.15, 0.2) is 24.3 Å². The highest BCUT2D eigenvalue weighted by atomic mass is 35.5. The molecule has 1 aromatic carbocycles. The Morgan fingerprint density at radius 3 is 2.72 bits per heavy atom. The molecule has 1 unspecified atom stereocenters. The van der Waals surface area contributed by atoms with E-state index in [1.807, 2.05) is 11.8 Å². The van der Waals surface area contributed by atoms with Gasteiger partial charge in [-0.2, -0.15) is 24.9 Å². The van der Waals surface area contributed by atoms with Crippen LogP contribution in [0.4, 0.5) is 13.2 Å². The maximum absolute atomic E-state index is 12.9. The van der Waals surface area contributed by atoms with E-state index in [1.165, 1.54) is 12.1 Å². The minimum Gasteiger partial charge on any atom is -0.355 e. The van der Waals surface area contributed by atoms with Crippen molar-refractivity contribution in [1.29, 1.82) is 0 Å². The Labute approximate surface area is 155 Å². The van der Waals surface area contributed by atoms with Gasteiger partial charge in [-0.25, -0.2) is 0 Å². The summed E-state index contributed by atoms with van der Waals surface area (Å²) in [5.74, 6) is 1.96. The standard InChI is InChI=1S/C17H21F3N2OS.ClH/c18-17(19,20)13-3-1-2-12(8-13)16(4-5-16)11-22-15(23)9-14-10-24-7-6-21-14;/h1-3,8,14,21H,4-7,9-11H2,(H,22,23);1H. The molecular formula is C17H22ClF3N2OS. The topological polar surface area (TPSA) is 41.1 Å². The number of hydrogen-bond acceptors (Lipinski definition) is 3. The summed E-state index contributed by atoms with van der Waals surface area (Å²) >= 11 is 1.83. The van der Waals surface area contributed by atoms with E-state index in [0.717, 1.165) is 37.0 Å². The van der Waals surface area contributed by atoms with Crippen LogP contribution in [0.5, 0.6) is 0 Å². The van der Waals surface area contributed by atoms with Gasteiger partial charge in [-0.15, -0.1) is 12.4 Å². The van der Waals surface area contributed by atoms with E-state index in [2.05, 4.69) is 10.6 Å². The largest absolute Gasteiger partial charge is 0.416 e. The van der Waals surface area contributed by atoms with Gasteiger partial charge in [0.2, 0.25) is 5.91 Å². The number of benzene rings is 1. The van der Waals surface area contributed by atoms with Crippen LogP contribution in [-0.4, -0.2) is 36.5 Å². The second-order valence-electron chi connectivity index (χ2n) is 6.57. The summed E-state index contributed by atoms with van der Waals surface area (Å²) < 4.78 is 38.6. The molecule has 2 aliphatic rings. The minimum atomic E-state index is -4.33. The lowest BCUT2D eigenvalue weighted by atomic mass is 9.94. The average Bonchev–Trinajstić information content (AvgIpc) is 3.35. The molecule has 0 radical (unpaired) electrons. The third kappa shape index (κ3) is 5.28. The van der Waals surface area contributed by atoms with Gasteiger partial charge in [0.1, 0.15) is 0 Å². The van der Waals surface area contributed by atoms with Crippen LogP contribution in [0, 0.1) is 0 Å². The first-order chi connectivity index (χ1) is 11.4. The van der Waals surface area contributed by atoms with Crippen LogP contribution in [-0.2, 0) is 16.4 Å². The molecule has 3 rings (SSSR count). The third-order valence-corrected chi connectivity index (χ3v) is 5.84. The van der Waals surface area contributed by atoms with Crippen LogP contribution in [0.25, 0.3) is 0 Å². The second kappa shape index (κ2) is 8.18. The first kappa shape index (κ1) is 20.4. The molecule has 0 bridgehead atoms. The number of hydrogen-bond donors (Lipinski definition) is 2. The molecule has 1 aromatic rings. The summed E-state index contributed by atoms with van der Waals surface area (Å²) in [6, 6.07) is 5.67. The third-order valence-electron chi connectivity index (χ3n) is 4.71. The molecule has 0 aromatic heterocycles. The predicted octanol–water partition coefficient (Wildman–Crippen LogP) is 3.37. The predicted molar refractivity (Wildman–Crippen MR) is 96.3 cm³/mol. The number of thioether (sulfide) groups is 1. The van der Waals surface area contributed by atoms with Gasteiger partial charge in [0, 0.05) is 42.5 Å². The molecule has 25 heavy (non-hydrogen) atoms. The van der Waals surface area contributed by atoms with Crippen molar-refractivity contribution in [1.82, 2.24) is 10.6 Å². The second-order valence-corrected chi connectivity index (χ2v) is 7.72. The number of carbonyl (C=O) groups is 1. The van der Waals surface area contributed by atoms with Gasteiger partial charge in [0.25, 0.3) is 0 Å². The highest BCUT2D eigenvalue weighted by molar-refractivity contribution is 7.99. The first-order valence-corrected chi connectivity index (χ1v) is 9.30. The molecule has 140 valence electrons. The van der Waals surface area contributed by atoms with Gasteiger partial charge in [0.15, 0.2) is 0 Å². The van der Waals surface area contributed by atoms with Crippen LogP contribution >= 0.6 is 24.2 Å². The Kier molecular flexibility index (Phi) is 6.68. The fraction of sp³-hybridized carbons (Fsp3) is 0.588. The van der Waals surface area contributed by atoms with Gasteiger partial charge >= 0.3 is 6.18 Å². The maximum atomic E-state index is 12.9. The summed E-state index contributed by atoms with van der Waals surface area (Å²) in [7, 11) is 0. The number of rotatable bonds is 5. The Hall–Kier alpha value is -0.920. The van der Waals surface area contributed by atoms with Crippen molar-refractivity contribution >= 4 is 30.1 Å². The number of alkyl halides is 3. The summed E-state index contributed by atoms with van der Waals surface area (Å²) in [5.41, 5.74) is -0.281. The smallest absolute Gasteiger partial charge is 0.355 e. The molecular weight excluding hydrogens is 373 g/mol. The molecule has 1 saturated carbocycles. The summed E-state index contributed by atoms with van der Waals surface area (Å²) in [5, 5.41) is 6.23. The van der Waals surface area contributed by atoms with Crippen molar-refractivity contribution in [2.75, 3.05) is 24.6 Å². The Balaban J connectivity index is 0.00000225. The Bertz CT molecular complexity index is 602. The lowest BCUT2D eigenvalue weighted by molar-refractivity contribution is -0.137. The van der Waals surface area contributed by atoms with E-state index in [0.29, 0.717) is 18.5 Å². The highest BCUT2D eigenvalue weighted by Gasteiger charge is 2.45. The number of amides is 1. The monoisotopic (exact) mass is 394 g/mol. The van der Waals surface area contributed by atoms with E-state index in [4.69, 9.17) is 0 Å². The normalized spacial score (nSPS) is 22.0. The first-order valence-electron chi connectivity index (χ1n) is 8.15.